The summed E-state index contributed by atoms with van der Waals surface area (Å²) in [6.07, 6.45) is 0.0288. The molecule has 5 nitrogen and oxygen atoms in total. The van der Waals surface area contributed by atoms with Gasteiger partial charge in [-0.15, -0.1) is 0 Å². The van der Waals surface area contributed by atoms with Crippen molar-refractivity contribution >= 4 is 5.91 Å². The second kappa shape index (κ2) is 4.55. The molecular weight excluding hydrogens is 172 g/mol. The average Bonchev–Trinajstić information content (AvgIpc) is 2.47. The van der Waals surface area contributed by atoms with Crippen LogP contribution in [0, 0.1) is 0 Å². The molecule has 1 amide bonds. The first-order valence-corrected chi connectivity index (χ1v) is 4.39. The Balaban J connectivity index is 2.46. The van der Waals surface area contributed by atoms with Crippen molar-refractivity contribution in [1.29, 1.82) is 0 Å². The lowest BCUT2D eigenvalue weighted by molar-refractivity contribution is -0.137. The van der Waals surface area contributed by atoms with Gasteiger partial charge in [0.05, 0.1) is 6.10 Å². The van der Waals surface area contributed by atoms with E-state index in [4.69, 9.17) is 10.5 Å². The molecule has 1 heterocycles. The maximum Gasteiger partial charge on any atom is 0.225 e. The highest BCUT2D eigenvalue weighted by molar-refractivity contribution is 5.76. The molecule has 1 fully saturated rings. The first-order valence-electron chi connectivity index (χ1n) is 4.39. The smallest absolute Gasteiger partial charge is 0.225 e. The maximum atomic E-state index is 11.3. The molecule has 0 bridgehead atoms. The normalized spacial score (nSPS) is 28.1. The molecule has 0 spiro atoms. The Kier molecular flexibility index (Phi) is 3.65. The first-order chi connectivity index (χ1) is 6.19. The van der Waals surface area contributed by atoms with E-state index in [1.165, 1.54) is 4.90 Å². The van der Waals surface area contributed by atoms with Crippen molar-refractivity contribution in [2.45, 2.75) is 25.2 Å². The molecule has 3 N–H and O–H groups in total. The van der Waals surface area contributed by atoms with E-state index in [0.29, 0.717) is 19.5 Å². The van der Waals surface area contributed by atoms with Crippen LogP contribution in [0.25, 0.3) is 0 Å². The number of hydrogen-bond donors (Lipinski definition) is 2. The van der Waals surface area contributed by atoms with Crippen molar-refractivity contribution in [2.24, 2.45) is 5.73 Å². The predicted octanol–water partition coefficient (Wildman–Crippen LogP) is -1.10. The van der Waals surface area contributed by atoms with Gasteiger partial charge in [-0.2, -0.15) is 0 Å². The van der Waals surface area contributed by atoms with Gasteiger partial charge in [-0.3, -0.25) is 4.79 Å². The fourth-order valence-corrected chi connectivity index (χ4v) is 1.48. The largest absolute Gasteiger partial charge is 0.379 e. The average molecular weight is 188 g/mol. The van der Waals surface area contributed by atoms with Gasteiger partial charge >= 0.3 is 0 Å². The zero-order chi connectivity index (χ0) is 9.84. The number of aliphatic hydroxyl groups is 1. The molecule has 2 unspecified atom stereocenters. The number of amides is 1. The molecule has 5 heteroatoms. The summed E-state index contributed by atoms with van der Waals surface area (Å²) in [5, 5.41) is 9.47. The van der Waals surface area contributed by atoms with Gasteiger partial charge in [0, 0.05) is 33.0 Å². The number of aliphatic hydroxyl groups excluding tert-OH is 1. The molecule has 13 heavy (non-hydrogen) atoms. The van der Waals surface area contributed by atoms with E-state index in [-0.39, 0.29) is 18.4 Å². The molecule has 0 aliphatic carbocycles. The summed E-state index contributed by atoms with van der Waals surface area (Å²) in [7, 11) is 1.58. The van der Waals surface area contributed by atoms with Crippen LogP contribution < -0.4 is 5.73 Å². The van der Waals surface area contributed by atoms with Crippen LogP contribution in [0.4, 0.5) is 0 Å². The van der Waals surface area contributed by atoms with E-state index >= 15 is 0 Å². The second-order valence-corrected chi connectivity index (χ2v) is 3.16. The van der Waals surface area contributed by atoms with E-state index in [1.807, 2.05) is 0 Å². The van der Waals surface area contributed by atoms with E-state index in [9.17, 15) is 9.90 Å². The number of hydrogen-bond acceptors (Lipinski definition) is 4. The van der Waals surface area contributed by atoms with Gasteiger partial charge < -0.3 is 20.5 Å². The van der Waals surface area contributed by atoms with Gasteiger partial charge in [0.25, 0.3) is 0 Å². The molecule has 1 saturated heterocycles. The lowest BCUT2D eigenvalue weighted by Gasteiger charge is -2.19. The van der Waals surface area contributed by atoms with E-state index < -0.39 is 6.23 Å². The Bertz CT molecular complexity index is 186. The minimum atomic E-state index is -0.705. The number of likely N-dealkylation sites (tertiary alicyclic amines) is 1. The van der Waals surface area contributed by atoms with Gasteiger partial charge in [0.1, 0.15) is 6.23 Å². The van der Waals surface area contributed by atoms with Gasteiger partial charge in [0.15, 0.2) is 0 Å². The van der Waals surface area contributed by atoms with Crippen LogP contribution in [0.15, 0.2) is 0 Å². The van der Waals surface area contributed by atoms with Crippen LogP contribution in [0.3, 0.4) is 0 Å². The van der Waals surface area contributed by atoms with Crippen LogP contribution >= 0.6 is 0 Å². The zero-order valence-electron chi connectivity index (χ0n) is 7.77. The lowest BCUT2D eigenvalue weighted by Crippen LogP contribution is -2.36. The topological polar surface area (TPSA) is 75.8 Å². The van der Waals surface area contributed by atoms with E-state index in [1.54, 1.807) is 7.11 Å². The summed E-state index contributed by atoms with van der Waals surface area (Å²) < 4.78 is 5.05. The molecule has 1 aliphatic rings. The minimum absolute atomic E-state index is 0.0447. The zero-order valence-corrected chi connectivity index (χ0v) is 7.77. The number of rotatable bonds is 3. The van der Waals surface area contributed by atoms with Crippen molar-refractivity contribution in [3.63, 3.8) is 0 Å². The van der Waals surface area contributed by atoms with Crippen molar-refractivity contribution < 1.29 is 14.6 Å². The van der Waals surface area contributed by atoms with Gasteiger partial charge in [0.2, 0.25) is 5.91 Å². The Labute approximate surface area is 77.5 Å². The molecule has 0 aromatic carbocycles. The highest BCUT2D eigenvalue weighted by Crippen LogP contribution is 2.18. The third-order valence-electron chi connectivity index (χ3n) is 2.25. The summed E-state index contributed by atoms with van der Waals surface area (Å²) in [6.45, 7) is 0.788. The fraction of sp³-hybridized carbons (Fsp3) is 0.875. The number of ether oxygens (including phenoxy) is 1. The monoisotopic (exact) mass is 188 g/mol. The molecule has 0 aromatic rings. The number of carbonyl (C=O) groups is 1. The van der Waals surface area contributed by atoms with Gasteiger partial charge in [-0.25, -0.2) is 0 Å². The number of nitrogens with two attached hydrogens (primary N) is 1. The van der Waals surface area contributed by atoms with Crippen LogP contribution in [0.5, 0.6) is 0 Å². The maximum absolute atomic E-state index is 11.3. The lowest BCUT2D eigenvalue weighted by atomic mass is 10.3. The Morgan fingerprint density at radius 1 is 1.77 bits per heavy atom. The number of carbonyl (C=O) groups excluding carboxylic acids is 1. The van der Waals surface area contributed by atoms with E-state index in [2.05, 4.69) is 0 Å². The predicted molar refractivity (Wildman–Crippen MR) is 46.8 cm³/mol. The molecule has 1 aliphatic heterocycles. The first kappa shape index (κ1) is 10.4. The van der Waals surface area contributed by atoms with Crippen LogP contribution in [0.2, 0.25) is 0 Å². The quantitative estimate of drug-likeness (QED) is 0.589. The molecule has 0 aromatic heterocycles. The van der Waals surface area contributed by atoms with Crippen molar-refractivity contribution in [1.82, 2.24) is 4.90 Å². The van der Waals surface area contributed by atoms with Crippen LogP contribution in [0.1, 0.15) is 12.8 Å². The summed E-state index contributed by atoms with van der Waals surface area (Å²) in [5.41, 5.74) is 5.25. The second-order valence-electron chi connectivity index (χ2n) is 3.16. The van der Waals surface area contributed by atoms with Gasteiger partial charge in [-0.1, -0.05) is 0 Å². The Hall–Kier alpha value is -0.650. The third-order valence-corrected chi connectivity index (χ3v) is 2.25. The van der Waals surface area contributed by atoms with E-state index in [0.717, 1.165) is 0 Å². The summed E-state index contributed by atoms with van der Waals surface area (Å²) in [5.74, 6) is -0.102. The summed E-state index contributed by atoms with van der Waals surface area (Å²) in [4.78, 5) is 12.8. The minimum Gasteiger partial charge on any atom is -0.379 e. The van der Waals surface area contributed by atoms with Crippen LogP contribution in [-0.2, 0) is 9.53 Å². The third kappa shape index (κ3) is 2.40. The highest BCUT2D eigenvalue weighted by atomic mass is 16.5. The molecule has 1 rings (SSSR count). The summed E-state index contributed by atoms with van der Waals surface area (Å²) in [6, 6.07) is 0. The SMILES string of the molecule is COC1CC(O)N(C(=O)CCN)C1. The molecular formula is C8H16N2O3. The molecule has 2 atom stereocenters. The Morgan fingerprint density at radius 2 is 2.46 bits per heavy atom. The molecule has 0 saturated carbocycles. The van der Waals surface area contributed by atoms with Crippen molar-refractivity contribution in [3.8, 4) is 0 Å². The van der Waals surface area contributed by atoms with Crippen molar-refractivity contribution in [2.75, 3.05) is 20.2 Å². The van der Waals surface area contributed by atoms with Crippen molar-refractivity contribution in [3.05, 3.63) is 0 Å². The molecule has 0 radical (unpaired) electrons. The number of nitrogens with zero attached hydrogens (tertiary/aromatic N) is 1. The number of methoxy groups -OCH3 is 1. The highest BCUT2D eigenvalue weighted by Gasteiger charge is 2.33. The Morgan fingerprint density at radius 3 is 2.92 bits per heavy atom. The standard InChI is InChI=1S/C8H16N2O3/c1-13-6-4-8(12)10(5-6)7(11)2-3-9/h6,8,12H,2-5,9H2,1H3. The van der Waals surface area contributed by atoms with Gasteiger partial charge in [-0.05, 0) is 0 Å². The van der Waals surface area contributed by atoms with Crippen LogP contribution in [-0.4, -0.2) is 48.4 Å². The molecule has 76 valence electrons. The summed E-state index contributed by atoms with van der Waals surface area (Å²) >= 11 is 0. The fourth-order valence-electron chi connectivity index (χ4n) is 1.48.